The first-order chi connectivity index (χ1) is 11.0. The second-order valence-corrected chi connectivity index (χ2v) is 5.24. The molecule has 2 aromatic rings. The molecule has 2 rings (SSSR count). The van der Waals surface area contributed by atoms with Crippen molar-refractivity contribution in [2.24, 2.45) is 0 Å². The molecular formula is C17H19N3O3. The minimum atomic E-state index is -0.380. The van der Waals surface area contributed by atoms with Crippen LogP contribution in [0.2, 0.25) is 0 Å². The van der Waals surface area contributed by atoms with Crippen LogP contribution < -0.4 is 15.4 Å². The number of pyridine rings is 1. The van der Waals surface area contributed by atoms with Crippen LogP contribution in [0.5, 0.6) is 5.75 Å². The summed E-state index contributed by atoms with van der Waals surface area (Å²) in [6.07, 6.45) is 1.44. The van der Waals surface area contributed by atoms with Crippen molar-refractivity contribution < 1.29 is 14.3 Å². The van der Waals surface area contributed by atoms with Gasteiger partial charge in [0.2, 0.25) is 0 Å². The van der Waals surface area contributed by atoms with Crippen LogP contribution in [-0.4, -0.2) is 29.9 Å². The van der Waals surface area contributed by atoms with Crippen LogP contribution in [-0.2, 0) is 0 Å². The van der Waals surface area contributed by atoms with Gasteiger partial charge < -0.3 is 15.4 Å². The van der Waals surface area contributed by atoms with Gasteiger partial charge in [-0.05, 0) is 50.2 Å². The summed E-state index contributed by atoms with van der Waals surface area (Å²) in [4.78, 5) is 28.2. The minimum absolute atomic E-state index is 0.0206. The topological polar surface area (TPSA) is 80.3 Å². The van der Waals surface area contributed by atoms with E-state index >= 15 is 0 Å². The van der Waals surface area contributed by atoms with Crippen molar-refractivity contribution in [2.45, 2.75) is 19.9 Å². The molecule has 1 heterocycles. The molecule has 0 unspecified atom stereocenters. The number of carbonyl (C=O) groups is 2. The molecule has 2 amide bonds. The molecule has 0 saturated carbocycles. The number of aromatic nitrogens is 1. The highest BCUT2D eigenvalue weighted by Crippen LogP contribution is 2.15. The summed E-state index contributed by atoms with van der Waals surface area (Å²) in [5.41, 5.74) is 1.19. The van der Waals surface area contributed by atoms with Gasteiger partial charge in [0, 0.05) is 23.5 Å². The summed E-state index contributed by atoms with van der Waals surface area (Å²) in [6, 6.07) is 10.0. The zero-order valence-electron chi connectivity index (χ0n) is 13.3. The first-order valence-electron chi connectivity index (χ1n) is 7.22. The number of anilines is 1. The fraction of sp³-hybridized carbons (Fsp3) is 0.235. The van der Waals surface area contributed by atoms with E-state index in [-0.39, 0.29) is 23.6 Å². The maximum absolute atomic E-state index is 12.2. The van der Waals surface area contributed by atoms with Crippen molar-refractivity contribution in [3.8, 4) is 5.75 Å². The van der Waals surface area contributed by atoms with Crippen LogP contribution in [0.15, 0.2) is 42.6 Å². The van der Waals surface area contributed by atoms with Crippen molar-refractivity contribution in [3.05, 3.63) is 53.9 Å². The van der Waals surface area contributed by atoms with Crippen LogP contribution >= 0.6 is 0 Å². The van der Waals surface area contributed by atoms with Crippen molar-refractivity contribution in [1.29, 1.82) is 0 Å². The van der Waals surface area contributed by atoms with Crippen LogP contribution in [0.3, 0.4) is 0 Å². The Bertz CT molecular complexity index is 696. The number of carbonyl (C=O) groups excluding carboxylic acids is 2. The lowest BCUT2D eigenvalue weighted by molar-refractivity contribution is 0.0943. The largest absolute Gasteiger partial charge is 0.497 e. The van der Waals surface area contributed by atoms with E-state index in [9.17, 15) is 9.59 Å². The summed E-state index contributed by atoms with van der Waals surface area (Å²) in [7, 11) is 1.57. The van der Waals surface area contributed by atoms with Crippen molar-refractivity contribution >= 4 is 17.5 Å². The Balaban J connectivity index is 2.11. The highest BCUT2D eigenvalue weighted by Gasteiger charge is 2.12. The first-order valence-corrected chi connectivity index (χ1v) is 7.22. The number of hydrogen-bond donors (Lipinski definition) is 2. The van der Waals surface area contributed by atoms with Crippen molar-refractivity contribution in [3.63, 3.8) is 0 Å². The zero-order chi connectivity index (χ0) is 16.8. The van der Waals surface area contributed by atoms with Crippen LogP contribution in [0.1, 0.15) is 34.7 Å². The molecule has 0 spiro atoms. The monoisotopic (exact) mass is 313 g/mol. The van der Waals surface area contributed by atoms with Gasteiger partial charge in [-0.1, -0.05) is 0 Å². The summed E-state index contributed by atoms with van der Waals surface area (Å²) in [6.45, 7) is 3.74. The first kappa shape index (κ1) is 16.5. The number of amides is 2. The third kappa shape index (κ3) is 4.54. The number of benzene rings is 1. The molecule has 0 saturated heterocycles. The lowest BCUT2D eigenvalue weighted by atomic mass is 10.2. The molecule has 6 heteroatoms. The molecule has 0 aliphatic rings. The summed E-state index contributed by atoms with van der Waals surface area (Å²) >= 11 is 0. The lowest BCUT2D eigenvalue weighted by Gasteiger charge is -2.09. The fourth-order valence-electron chi connectivity index (χ4n) is 1.91. The maximum atomic E-state index is 12.2. The minimum Gasteiger partial charge on any atom is -0.497 e. The van der Waals surface area contributed by atoms with Crippen molar-refractivity contribution in [2.75, 3.05) is 12.4 Å². The second kappa shape index (κ2) is 7.40. The smallest absolute Gasteiger partial charge is 0.274 e. The van der Waals surface area contributed by atoms with Crippen molar-refractivity contribution in [1.82, 2.24) is 10.3 Å². The molecule has 120 valence electrons. The average Bonchev–Trinajstić information content (AvgIpc) is 2.55. The Hall–Kier alpha value is -2.89. The van der Waals surface area contributed by atoms with Gasteiger partial charge in [-0.3, -0.25) is 14.6 Å². The molecule has 0 fully saturated rings. The number of methoxy groups -OCH3 is 1. The van der Waals surface area contributed by atoms with E-state index in [1.54, 1.807) is 37.4 Å². The van der Waals surface area contributed by atoms with Crippen LogP contribution in [0, 0.1) is 0 Å². The molecule has 6 nitrogen and oxygen atoms in total. The van der Waals surface area contributed by atoms with Gasteiger partial charge in [0.05, 0.1) is 7.11 Å². The molecule has 0 radical (unpaired) electrons. The number of ether oxygens (including phenoxy) is 1. The Labute approximate surface area is 134 Å². The van der Waals surface area contributed by atoms with Gasteiger partial charge in [-0.15, -0.1) is 0 Å². The Kier molecular flexibility index (Phi) is 5.30. The summed E-state index contributed by atoms with van der Waals surface area (Å²) in [5.74, 6) is 0.0868. The fourth-order valence-corrected chi connectivity index (χ4v) is 1.91. The number of nitrogens with zero attached hydrogens (tertiary/aromatic N) is 1. The van der Waals surface area contributed by atoms with E-state index in [0.717, 1.165) is 0 Å². The standard InChI is InChI=1S/C17H19N3O3/c1-11(2)19-16(21)12-8-9-18-15(10-12)17(22)20-13-4-6-14(23-3)7-5-13/h4-11H,1-3H3,(H,19,21)(H,20,22). The molecule has 1 aromatic carbocycles. The van der Waals surface area contributed by atoms with Gasteiger partial charge in [0.25, 0.3) is 11.8 Å². The molecule has 2 N–H and O–H groups in total. The van der Waals surface area contributed by atoms with Gasteiger partial charge in [0.1, 0.15) is 11.4 Å². The van der Waals surface area contributed by atoms with E-state index in [1.165, 1.54) is 12.3 Å². The molecule has 23 heavy (non-hydrogen) atoms. The average molecular weight is 313 g/mol. The summed E-state index contributed by atoms with van der Waals surface area (Å²) in [5, 5.41) is 5.50. The second-order valence-electron chi connectivity index (χ2n) is 5.24. The third-order valence-electron chi connectivity index (χ3n) is 3.02. The van der Waals surface area contributed by atoms with E-state index in [0.29, 0.717) is 17.0 Å². The SMILES string of the molecule is COc1ccc(NC(=O)c2cc(C(=O)NC(C)C)ccn2)cc1. The predicted molar refractivity (Wildman–Crippen MR) is 87.8 cm³/mol. The van der Waals surface area contributed by atoms with Gasteiger partial charge >= 0.3 is 0 Å². The normalized spacial score (nSPS) is 10.3. The van der Waals surface area contributed by atoms with Gasteiger partial charge in [-0.2, -0.15) is 0 Å². The quantitative estimate of drug-likeness (QED) is 0.888. The molecule has 0 atom stereocenters. The number of nitrogens with one attached hydrogen (secondary N) is 2. The van der Waals surface area contributed by atoms with E-state index in [1.807, 2.05) is 13.8 Å². The van der Waals surface area contributed by atoms with E-state index in [4.69, 9.17) is 4.74 Å². The molecule has 1 aromatic heterocycles. The predicted octanol–water partition coefficient (Wildman–Crippen LogP) is 2.48. The van der Waals surface area contributed by atoms with Crippen LogP contribution in [0.4, 0.5) is 5.69 Å². The number of rotatable bonds is 5. The zero-order valence-corrected chi connectivity index (χ0v) is 13.3. The van der Waals surface area contributed by atoms with E-state index in [2.05, 4.69) is 15.6 Å². The highest BCUT2D eigenvalue weighted by atomic mass is 16.5. The third-order valence-corrected chi connectivity index (χ3v) is 3.02. The lowest BCUT2D eigenvalue weighted by Crippen LogP contribution is -2.30. The Morgan fingerprint density at radius 2 is 1.78 bits per heavy atom. The van der Waals surface area contributed by atoms with Gasteiger partial charge in [0.15, 0.2) is 0 Å². The Morgan fingerprint density at radius 1 is 1.09 bits per heavy atom. The number of hydrogen-bond acceptors (Lipinski definition) is 4. The molecular weight excluding hydrogens is 294 g/mol. The highest BCUT2D eigenvalue weighted by molar-refractivity contribution is 6.04. The maximum Gasteiger partial charge on any atom is 0.274 e. The molecule has 0 bridgehead atoms. The Morgan fingerprint density at radius 3 is 2.39 bits per heavy atom. The molecule has 0 aliphatic heterocycles. The van der Waals surface area contributed by atoms with Crippen LogP contribution in [0.25, 0.3) is 0 Å². The van der Waals surface area contributed by atoms with Gasteiger partial charge in [-0.25, -0.2) is 0 Å². The summed E-state index contributed by atoms with van der Waals surface area (Å²) < 4.78 is 5.06. The van der Waals surface area contributed by atoms with E-state index < -0.39 is 0 Å². The molecule has 0 aliphatic carbocycles.